The minimum Gasteiger partial charge on any atom is -0.443 e. The summed E-state index contributed by atoms with van der Waals surface area (Å²) in [5, 5.41) is 0. The number of benzene rings is 1. The summed E-state index contributed by atoms with van der Waals surface area (Å²) >= 11 is 3.37. The number of hydrogen-bond acceptors (Lipinski definition) is 6. The van der Waals surface area contributed by atoms with Crippen LogP contribution in [-0.4, -0.2) is 68.5 Å². The molecule has 1 saturated carbocycles. The predicted octanol–water partition coefficient (Wildman–Crippen LogP) is 5.52. The lowest BCUT2D eigenvalue weighted by molar-refractivity contribution is 0.00789. The van der Waals surface area contributed by atoms with E-state index in [0.717, 1.165) is 15.2 Å². The van der Waals surface area contributed by atoms with E-state index in [2.05, 4.69) is 35.6 Å². The molecular weight excluding hydrogens is 569 g/mol. The van der Waals surface area contributed by atoms with Crippen LogP contribution in [0.3, 0.4) is 0 Å². The van der Waals surface area contributed by atoms with Gasteiger partial charge < -0.3 is 9.47 Å². The van der Waals surface area contributed by atoms with E-state index in [4.69, 9.17) is 14.5 Å². The maximum absolute atomic E-state index is 15.2. The van der Waals surface area contributed by atoms with Crippen molar-refractivity contribution >= 4 is 46.1 Å². The summed E-state index contributed by atoms with van der Waals surface area (Å²) in [7, 11) is -4.05. The fourth-order valence-corrected chi connectivity index (χ4v) is 7.57. The highest BCUT2D eigenvalue weighted by atomic mass is 79.9. The van der Waals surface area contributed by atoms with Crippen LogP contribution in [-0.2, 0) is 25.0 Å². The van der Waals surface area contributed by atoms with Crippen LogP contribution in [0, 0.1) is 5.82 Å². The Balaban J connectivity index is 2.13. The first-order valence-corrected chi connectivity index (χ1v) is 17.9. The van der Waals surface area contributed by atoms with Gasteiger partial charge in [0.2, 0.25) is 16.0 Å². The lowest BCUT2D eigenvalue weighted by atomic mass is 9.86. The molecule has 0 aromatic heterocycles. The number of amides is 1. The largest absolute Gasteiger partial charge is 0.443 e. The van der Waals surface area contributed by atoms with Gasteiger partial charge in [-0.25, -0.2) is 31.8 Å². The van der Waals surface area contributed by atoms with Crippen molar-refractivity contribution in [3.05, 3.63) is 34.1 Å². The van der Waals surface area contributed by atoms with Crippen LogP contribution in [0.4, 0.5) is 9.18 Å². The number of sulfonamides is 1. The van der Waals surface area contributed by atoms with Crippen molar-refractivity contribution in [2.75, 3.05) is 20.4 Å². The number of aliphatic imine (C=N–C) groups is 1. The summed E-state index contributed by atoms with van der Waals surface area (Å²) in [5.41, 5.74) is -2.16. The molecule has 1 heterocycles. The number of ether oxygens (including phenoxy) is 2. The number of guanidine groups is 1. The highest BCUT2D eigenvalue weighted by Gasteiger charge is 2.71. The number of carbonyl (C=O) groups excluding carboxylic acids is 1. The molecule has 1 aliphatic carbocycles. The minimum atomic E-state index is -4.02. The van der Waals surface area contributed by atoms with E-state index < -0.39 is 45.9 Å². The normalized spacial score (nSPS) is 22.8. The molecule has 36 heavy (non-hydrogen) atoms. The van der Waals surface area contributed by atoms with E-state index in [9.17, 15) is 13.2 Å². The summed E-state index contributed by atoms with van der Waals surface area (Å²) < 4.78 is 54.6. The lowest BCUT2D eigenvalue weighted by Gasteiger charge is -2.45. The summed E-state index contributed by atoms with van der Waals surface area (Å²) in [4.78, 5) is 19.2. The molecule has 1 aromatic carbocycles. The third kappa shape index (κ3) is 5.51. The zero-order valence-corrected chi connectivity index (χ0v) is 25.7. The maximum atomic E-state index is 15.2. The van der Waals surface area contributed by atoms with E-state index in [1.54, 1.807) is 39.8 Å². The third-order valence-corrected chi connectivity index (χ3v) is 11.5. The molecule has 8 nitrogen and oxygen atoms in total. The molecule has 1 amide bonds. The second-order valence-corrected chi connectivity index (χ2v) is 20.6. The zero-order valence-electron chi connectivity index (χ0n) is 22.3. The van der Waals surface area contributed by atoms with Gasteiger partial charge in [-0.1, -0.05) is 35.6 Å². The Morgan fingerprint density at radius 1 is 1.28 bits per heavy atom. The number of hydrogen-bond donors (Lipinski definition) is 0. The highest BCUT2D eigenvalue weighted by molar-refractivity contribution is 9.10. The zero-order chi connectivity index (χ0) is 27.3. The molecular formula is C24H37BrFN3O5SSi. The first kappa shape index (κ1) is 29.1. The van der Waals surface area contributed by atoms with Gasteiger partial charge in [0, 0.05) is 31.8 Å². The van der Waals surface area contributed by atoms with E-state index in [0.29, 0.717) is 23.9 Å². The van der Waals surface area contributed by atoms with Crippen molar-refractivity contribution in [1.82, 2.24) is 9.21 Å². The monoisotopic (exact) mass is 605 g/mol. The van der Waals surface area contributed by atoms with Crippen LogP contribution in [0.1, 0.15) is 46.1 Å². The van der Waals surface area contributed by atoms with Crippen molar-refractivity contribution in [2.24, 2.45) is 4.99 Å². The maximum Gasteiger partial charge on any atom is 0.419 e. The molecule has 0 unspecified atom stereocenters. The quantitative estimate of drug-likeness (QED) is 0.242. The summed E-state index contributed by atoms with van der Waals surface area (Å²) in [6.07, 6.45) is -0.129. The predicted molar refractivity (Wildman–Crippen MR) is 145 cm³/mol. The topological polar surface area (TPSA) is 88.5 Å². The van der Waals surface area contributed by atoms with Crippen molar-refractivity contribution < 1.29 is 27.1 Å². The van der Waals surface area contributed by atoms with Gasteiger partial charge in [-0.3, -0.25) is 0 Å². The molecule has 12 heteroatoms. The van der Waals surface area contributed by atoms with Gasteiger partial charge >= 0.3 is 6.09 Å². The Morgan fingerprint density at radius 2 is 1.89 bits per heavy atom. The number of rotatable bonds is 6. The van der Waals surface area contributed by atoms with Gasteiger partial charge in [0.05, 0.1) is 0 Å². The van der Waals surface area contributed by atoms with Crippen LogP contribution >= 0.6 is 15.9 Å². The Kier molecular flexibility index (Phi) is 7.80. The van der Waals surface area contributed by atoms with E-state index in [-0.39, 0.29) is 18.3 Å². The molecule has 1 fully saturated rings. The Labute approximate surface area is 223 Å². The molecule has 3 rings (SSSR count). The number of halogens is 2. The molecule has 1 atom stereocenters. The van der Waals surface area contributed by atoms with Crippen LogP contribution < -0.4 is 0 Å². The van der Waals surface area contributed by atoms with Gasteiger partial charge in [0.25, 0.3) is 0 Å². The van der Waals surface area contributed by atoms with Gasteiger partial charge in [-0.15, -0.1) is 0 Å². The van der Waals surface area contributed by atoms with Crippen LogP contribution in [0.15, 0.2) is 27.7 Å². The average Bonchev–Trinajstić information content (AvgIpc) is 3.53. The summed E-state index contributed by atoms with van der Waals surface area (Å²) in [5.74, 6) is -0.721. The second kappa shape index (κ2) is 9.67. The Bertz CT molecular complexity index is 1160. The first-order valence-electron chi connectivity index (χ1n) is 12.0. The van der Waals surface area contributed by atoms with Crippen LogP contribution in [0.2, 0.25) is 25.7 Å². The van der Waals surface area contributed by atoms with E-state index in [1.165, 1.54) is 13.1 Å². The smallest absolute Gasteiger partial charge is 0.419 e. The number of carbonyl (C=O) groups is 1. The van der Waals surface area contributed by atoms with Crippen LogP contribution in [0.5, 0.6) is 0 Å². The summed E-state index contributed by atoms with van der Waals surface area (Å²) in [6, 6.07) is 5.25. The van der Waals surface area contributed by atoms with Crippen molar-refractivity contribution in [3.63, 3.8) is 0 Å². The molecule has 202 valence electrons. The van der Waals surface area contributed by atoms with Gasteiger partial charge in [0.1, 0.15) is 28.4 Å². The molecule has 0 radical (unpaired) electrons. The van der Waals surface area contributed by atoms with Crippen molar-refractivity contribution in [1.29, 1.82) is 0 Å². The van der Waals surface area contributed by atoms with Crippen molar-refractivity contribution in [2.45, 2.75) is 82.1 Å². The fraction of sp³-hybridized carbons (Fsp3) is 0.667. The first-order chi connectivity index (χ1) is 16.3. The molecule has 2 aliphatic rings. The van der Waals surface area contributed by atoms with E-state index in [1.807, 2.05) is 0 Å². The molecule has 1 aromatic rings. The van der Waals surface area contributed by atoms with E-state index >= 15 is 4.39 Å². The van der Waals surface area contributed by atoms with Crippen molar-refractivity contribution in [3.8, 4) is 0 Å². The molecule has 0 saturated heterocycles. The SMILES string of the molecule is CN1C(N(COCC[Si](C)(C)C)C(=O)OC(C)(C)C)=N[C@](C)(c2cc(Br)ccc2F)C2(CC2)S1(=O)=O. The standard InChI is InChI=1S/C24H37BrFN3O5SSi/c1-22(2,3)34-21(30)29(16-33-13-14-36(6,7)8)20-27-23(4,18-15-17(25)9-10-19(18)26)24(11-12-24)35(31,32)28(20)5/h9-10,15H,11-14,16H2,1-8H3/t23-/m1/s1. The average molecular weight is 607 g/mol. The van der Waals surface area contributed by atoms with Gasteiger partial charge in [0.15, 0.2) is 0 Å². The van der Waals surface area contributed by atoms with Crippen LogP contribution in [0.25, 0.3) is 0 Å². The molecule has 0 N–H and O–H groups in total. The fourth-order valence-electron chi connectivity index (χ4n) is 4.30. The highest BCUT2D eigenvalue weighted by Crippen LogP contribution is 2.61. The molecule has 1 spiro atoms. The van der Waals surface area contributed by atoms with Gasteiger partial charge in [-0.05, 0) is 64.8 Å². The summed E-state index contributed by atoms with van der Waals surface area (Å²) in [6.45, 7) is 13.6. The van der Waals surface area contributed by atoms with Gasteiger partial charge in [-0.2, -0.15) is 0 Å². The molecule has 0 bridgehead atoms. The second-order valence-electron chi connectivity index (χ2n) is 11.8. The lowest BCUT2D eigenvalue weighted by Crippen LogP contribution is -2.61. The minimum absolute atomic E-state index is 0.146. The number of nitrogens with zero attached hydrogens (tertiary/aromatic N) is 3. The Morgan fingerprint density at radius 3 is 2.42 bits per heavy atom. The Hall–Kier alpha value is -1.50. The molecule has 1 aliphatic heterocycles. The third-order valence-electron chi connectivity index (χ3n) is 6.58.